The number of hydrogen-bond donors (Lipinski definition) is 5. The lowest BCUT2D eigenvalue weighted by molar-refractivity contribution is 0.481. The number of benzene rings is 6. The first-order valence-corrected chi connectivity index (χ1v) is 26.1. The van der Waals surface area contributed by atoms with E-state index in [-0.39, 0.29) is 45.6 Å². The zero-order valence-electron chi connectivity index (χ0n) is 38.6. The standard InChI is InChI=1S/C50H49N7O9S3/c1-30-11-9-12-31(2)42(30)25-34-17-19-39-44(27-34)66-45-28-35(26-43-32(3)23-38(24-33(43)4)69(63,64)65)18-20-40(45)47(39)41-15-7-8-16-46(41)67(58,59)52-22-21-51-48-54-49(56-50(55-48)57(5)6)53-36-13-10-14-37(29-36)68(60,61)62/h7-20,23-24,27-29,52H,21-22,25-26H2,1-6H3,(H3-,51,53,54,55,56,60,61,62,63,64,65)/p+1. The Morgan fingerprint density at radius 3 is 1.74 bits per heavy atom. The fraction of sp³-hybridized carbons (Fsp3) is 0.200. The molecule has 356 valence electrons. The highest BCUT2D eigenvalue weighted by atomic mass is 32.2. The van der Waals surface area contributed by atoms with Crippen LogP contribution >= 0.6 is 0 Å². The maximum Gasteiger partial charge on any atom is 0.361 e. The SMILES string of the molecule is Cc1cccc(C)c1Cc1ccc2c(-c3ccccc3S(=O)(=O)NCCNc3nc(Nc4cccc(S(=O)(=O)O)c4)nc(N(C)C)n3)c3ccc(Cc4c(C)cc(S(=O)(=O)O)cc4C)cc3[o+]c2c1. The molecule has 0 radical (unpaired) electrons. The second kappa shape index (κ2) is 19.3. The lowest BCUT2D eigenvalue weighted by Gasteiger charge is -2.15. The van der Waals surface area contributed by atoms with Gasteiger partial charge in [0.1, 0.15) is 0 Å². The molecular formula is C50H50N7O9S3+. The molecule has 16 nitrogen and oxygen atoms in total. The zero-order valence-corrected chi connectivity index (χ0v) is 41.0. The van der Waals surface area contributed by atoms with Gasteiger partial charge in [-0.25, -0.2) is 17.6 Å². The minimum atomic E-state index is -4.46. The van der Waals surface area contributed by atoms with E-state index in [9.17, 15) is 34.4 Å². The minimum absolute atomic E-state index is 0.0429. The molecule has 2 aromatic heterocycles. The van der Waals surface area contributed by atoms with Crippen LogP contribution in [0.15, 0.2) is 134 Å². The van der Waals surface area contributed by atoms with Crippen molar-refractivity contribution in [3.05, 3.63) is 160 Å². The summed E-state index contributed by atoms with van der Waals surface area (Å²) >= 11 is 0. The molecule has 5 N–H and O–H groups in total. The van der Waals surface area contributed by atoms with Gasteiger partial charge in [-0.1, -0.05) is 54.6 Å². The first-order valence-electron chi connectivity index (χ1n) is 21.7. The molecule has 0 spiro atoms. The van der Waals surface area contributed by atoms with Gasteiger partial charge in [-0.05, 0) is 134 Å². The summed E-state index contributed by atoms with van der Waals surface area (Å²) in [6.07, 6.45) is 1.09. The van der Waals surface area contributed by atoms with Crippen LogP contribution in [0.3, 0.4) is 0 Å². The van der Waals surface area contributed by atoms with Crippen molar-refractivity contribution in [1.29, 1.82) is 0 Å². The first-order chi connectivity index (χ1) is 32.6. The molecule has 8 aromatic rings. The van der Waals surface area contributed by atoms with Gasteiger partial charge in [-0.15, -0.1) is 0 Å². The predicted molar refractivity (Wildman–Crippen MR) is 268 cm³/mol. The first kappa shape index (κ1) is 48.6. The highest BCUT2D eigenvalue weighted by molar-refractivity contribution is 7.89. The van der Waals surface area contributed by atoms with Crippen LogP contribution in [0.5, 0.6) is 0 Å². The fourth-order valence-corrected chi connectivity index (χ4v) is 10.7. The van der Waals surface area contributed by atoms with Crippen LogP contribution in [0.25, 0.3) is 33.1 Å². The molecule has 0 amide bonds. The summed E-state index contributed by atoms with van der Waals surface area (Å²) in [6.45, 7) is 7.77. The number of fused-ring (bicyclic) bond motifs is 2. The van der Waals surface area contributed by atoms with Crippen molar-refractivity contribution in [1.82, 2.24) is 19.7 Å². The fourth-order valence-electron chi connectivity index (χ4n) is 8.31. The maximum absolute atomic E-state index is 14.4. The number of nitrogens with zero attached hydrogens (tertiary/aromatic N) is 4. The number of aryl methyl sites for hydroxylation is 4. The number of nitrogens with one attached hydrogen (secondary N) is 3. The summed E-state index contributed by atoms with van der Waals surface area (Å²) in [5.41, 5.74) is 10.2. The van der Waals surface area contributed by atoms with E-state index < -0.39 is 30.3 Å². The molecule has 0 aliphatic heterocycles. The molecule has 0 fully saturated rings. The molecule has 0 saturated carbocycles. The van der Waals surface area contributed by atoms with Crippen molar-refractivity contribution >= 4 is 75.7 Å². The van der Waals surface area contributed by atoms with Crippen molar-refractivity contribution < 1.29 is 38.8 Å². The lowest BCUT2D eigenvalue weighted by Crippen LogP contribution is -2.29. The summed E-state index contributed by atoms with van der Waals surface area (Å²) in [6, 6.07) is 33.2. The molecule has 19 heteroatoms. The van der Waals surface area contributed by atoms with Gasteiger partial charge in [0.15, 0.2) is 0 Å². The van der Waals surface area contributed by atoms with Crippen LogP contribution < -0.4 is 20.3 Å². The Balaban J connectivity index is 1.12. The summed E-state index contributed by atoms with van der Waals surface area (Å²) in [7, 11) is -9.57. The van der Waals surface area contributed by atoms with Gasteiger partial charge >= 0.3 is 11.2 Å². The van der Waals surface area contributed by atoms with Crippen molar-refractivity contribution in [3.8, 4) is 11.1 Å². The second-order valence-corrected chi connectivity index (χ2v) is 21.6. The minimum Gasteiger partial charge on any atom is -0.353 e. The molecule has 69 heavy (non-hydrogen) atoms. The number of aromatic nitrogens is 3. The Labute approximate surface area is 401 Å². The van der Waals surface area contributed by atoms with E-state index in [0.717, 1.165) is 16.7 Å². The van der Waals surface area contributed by atoms with Gasteiger partial charge in [-0.3, -0.25) is 9.11 Å². The molecule has 0 saturated heterocycles. The largest absolute Gasteiger partial charge is 0.361 e. The van der Waals surface area contributed by atoms with Crippen LogP contribution in [-0.4, -0.2) is 76.5 Å². The highest BCUT2D eigenvalue weighted by Crippen LogP contribution is 2.41. The van der Waals surface area contributed by atoms with Crippen LogP contribution in [0.2, 0.25) is 0 Å². The second-order valence-electron chi connectivity index (χ2n) is 17.0. The number of hydrogen-bond acceptors (Lipinski definition) is 12. The van der Waals surface area contributed by atoms with Gasteiger partial charge in [0.2, 0.25) is 27.9 Å². The Hall–Kier alpha value is -6.87. The normalized spacial score (nSPS) is 12.1. The van der Waals surface area contributed by atoms with Gasteiger partial charge in [0, 0.05) is 56.1 Å². The van der Waals surface area contributed by atoms with Gasteiger partial charge in [0.25, 0.3) is 20.2 Å². The summed E-state index contributed by atoms with van der Waals surface area (Å²) in [5, 5.41) is 7.36. The average Bonchev–Trinajstić information content (AvgIpc) is 3.29. The van der Waals surface area contributed by atoms with Gasteiger partial charge < -0.3 is 15.5 Å². The topological polar surface area (TPSA) is 232 Å². The Kier molecular flexibility index (Phi) is 13.6. The van der Waals surface area contributed by atoms with E-state index in [1.165, 1.54) is 47.0 Å². The smallest absolute Gasteiger partial charge is 0.353 e. The monoisotopic (exact) mass is 988 g/mol. The van der Waals surface area contributed by atoms with E-state index >= 15 is 0 Å². The molecule has 6 aromatic carbocycles. The molecule has 8 rings (SSSR count). The summed E-state index contributed by atoms with van der Waals surface area (Å²) < 4.78 is 105. The molecule has 2 heterocycles. The predicted octanol–water partition coefficient (Wildman–Crippen LogP) is 8.83. The molecule has 0 aliphatic rings. The summed E-state index contributed by atoms with van der Waals surface area (Å²) in [5.74, 6) is 0.439. The quantitative estimate of drug-likeness (QED) is 0.0263. The van der Waals surface area contributed by atoms with E-state index in [2.05, 4.69) is 56.3 Å². The van der Waals surface area contributed by atoms with E-state index in [4.69, 9.17) is 4.42 Å². The number of sulfonamides is 1. The Bertz CT molecular complexity index is 3620. The highest BCUT2D eigenvalue weighted by Gasteiger charge is 2.27. The maximum atomic E-state index is 14.4. The third-order valence-corrected chi connectivity index (χ3v) is 15.0. The van der Waals surface area contributed by atoms with E-state index in [0.29, 0.717) is 62.7 Å². The third kappa shape index (κ3) is 10.9. The van der Waals surface area contributed by atoms with E-state index in [1.54, 1.807) is 63.2 Å². The van der Waals surface area contributed by atoms with Crippen molar-refractivity contribution in [2.75, 3.05) is 42.7 Å². The van der Waals surface area contributed by atoms with Gasteiger partial charge in [0.05, 0.1) is 25.5 Å². The van der Waals surface area contributed by atoms with E-state index in [1.807, 2.05) is 42.5 Å². The lowest BCUT2D eigenvalue weighted by atomic mass is 9.92. The van der Waals surface area contributed by atoms with Gasteiger partial charge in [-0.2, -0.15) is 31.8 Å². The average molecular weight is 989 g/mol. The number of anilines is 4. The van der Waals surface area contributed by atoms with Crippen molar-refractivity contribution in [3.63, 3.8) is 0 Å². The zero-order chi connectivity index (χ0) is 49.4. The molecule has 0 aliphatic carbocycles. The van der Waals surface area contributed by atoms with Crippen molar-refractivity contribution in [2.45, 2.75) is 55.2 Å². The third-order valence-electron chi connectivity index (χ3n) is 11.8. The molecule has 0 atom stereocenters. The summed E-state index contributed by atoms with van der Waals surface area (Å²) in [4.78, 5) is 14.4. The van der Waals surface area contributed by atoms with Crippen LogP contribution in [0, 0.1) is 27.7 Å². The molecular weight excluding hydrogens is 939 g/mol. The Morgan fingerprint density at radius 2 is 1.14 bits per heavy atom. The Morgan fingerprint density at radius 1 is 0.580 bits per heavy atom. The molecule has 0 bridgehead atoms. The van der Waals surface area contributed by atoms with Crippen LogP contribution in [0.1, 0.15) is 44.5 Å². The van der Waals surface area contributed by atoms with Crippen LogP contribution in [-0.2, 0) is 43.1 Å². The van der Waals surface area contributed by atoms with Crippen molar-refractivity contribution in [2.24, 2.45) is 0 Å². The van der Waals surface area contributed by atoms with Crippen LogP contribution in [0.4, 0.5) is 23.5 Å². The number of rotatable bonds is 16. The molecule has 0 unspecified atom stereocenters.